The molecule has 0 unspecified atom stereocenters. The highest BCUT2D eigenvalue weighted by atomic mass is 16.5. The van der Waals surface area contributed by atoms with Gasteiger partial charge in [-0.25, -0.2) is 0 Å². The van der Waals surface area contributed by atoms with Crippen molar-refractivity contribution in [1.29, 1.82) is 0 Å². The summed E-state index contributed by atoms with van der Waals surface area (Å²) in [6.07, 6.45) is 0. The Morgan fingerprint density at radius 3 is 2.26 bits per heavy atom. The van der Waals surface area contributed by atoms with Crippen molar-refractivity contribution < 1.29 is 9.47 Å². The number of hydrogen-bond donors (Lipinski definition) is 1. The van der Waals surface area contributed by atoms with Crippen LogP contribution < -0.4 is 14.8 Å². The first-order chi connectivity index (χ1) is 13.2. The van der Waals surface area contributed by atoms with Crippen molar-refractivity contribution in [2.24, 2.45) is 0 Å². The Labute approximate surface area is 162 Å². The van der Waals surface area contributed by atoms with Crippen LogP contribution in [0, 0.1) is 6.92 Å². The Bertz CT molecular complexity index is 844. The summed E-state index contributed by atoms with van der Waals surface area (Å²) in [7, 11) is 1.68. The van der Waals surface area contributed by atoms with E-state index in [0.29, 0.717) is 6.61 Å². The van der Waals surface area contributed by atoms with E-state index in [4.69, 9.17) is 9.47 Å². The van der Waals surface area contributed by atoms with Crippen molar-refractivity contribution >= 4 is 0 Å². The van der Waals surface area contributed by atoms with E-state index in [9.17, 15) is 0 Å². The zero-order valence-corrected chi connectivity index (χ0v) is 16.2. The molecule has 0 saturated carbocycles. The summed E-state index contributed by atoms with van der Waals surface area (Å²) in [6, 6.07) is 25.2. The highest BCUT2D eigenvalue weighted by molar-refractivity contribution is 5.43. The van der Waals surface area contributed by atoms with Crippen molar-refractivity contribution in [2.45, 2.75) is 33.0 Å². The van der Waals surface area contributed by atoms with Gasteiger partial charge in [0, 0.05) is 12.6 Å². The Morgan fingerprint density at radius 1 is 0.852 bits per heavy atom. The van der Waals surface area contributed by atoms with Gasteiger partial charge in [0.25, 0.3) is 0 Å². The lowest BCUT2D eigenvalue weighted by Gasteiger charge is -2.16. The predicted octanol–water partition coefficient (Wildman–Crippen LogP) is 5.43. The van der Waals surface area contributed by atoms with E-state index < -0.39 is 0 Å². The summed E-state index contributed by atoms with van der Waals surface area (Å²) >= 11 is 0. The monoisotopic (exact) mass is 361 g/mol. The largest absolute Gasteiger partial charge is 0.493 e. The van der Waals surface area contributed by atoms with E-state index >= 15 is 0 Å². The lowest BCUT2D eigenvalue weighted by atomic mass is 10.1. The molecule has 0 fully saturated rings. The molecule has 3 aromatic rings. The molecule has 0 bridgehead atoms. The number of nitrogens with one attached hydrogen (secondary N) is 1. The topological polar surface area (TPSA) is 30.5 Å². The fourth-order valence-corrected chi connectivity index (χ4v) is 2.92. The average Bonchev–Trinajstić information content (AvgIpc) is 2.72. The van der Waals surface area contributed by atoms with E-state index in [2.05, 4.69) is 73.8 Å². The number of rotatable bonds is 8. The van der Waals surface area contributed by atoms with Gasteiger partial charge in [0.2, 0.25) is 0 Å². The molecule has 1 N–H and O–H groups in total. The SMILES string of the molecule is COc1cc(CN[C@@H](C)c2ccccc2)ccc1OCc1ccc(C)cc1. The zero-order chi connectivity index (χ0) is 19.1. The fourth-order valence-electron chi connectivity index (χ4n) is 2.92. The van der Waals surface area contributed by atoms with E-state index in [-0.39, 0.29) is 6.04 Å². The second kappa shape index (κ2) is 9.24. The molecule has 0 aliphatic rings. The van der Waals surface area contributed by atoms with Gasteiger partial charge in [-0.05, 0) is 42.7 Å². The molecule has 0 radical (unpaired) electrons. The van der Waals surface area contributed by atoms with Gasteiger partial charge < -0.3 is 14.8 Å². The van der Waals surface area contributed by atoms with Crippen LogP contribution in [0.2, 0.25) is 0 Å². The molecule has 1 atom stereocenters. The Balaban J connectivity index is 1.60. The predicted molar refractivity (Wildman–Crippen MR) is 110 cm³/mol. The van der Waals surface area contributed by atoms with Crippen LogP contribution >= 0.6 is 0 Å². The average molecular weight is 361 g/mol. The smallest absolute Gasteiger partial charge is 0.161 e. The quantitative estimate of drug-likeness (QED) is 0.580. The summed E-state index contributed by atoms with van der Waals surface area (Å²) in [6.45, 7) is 5.55. The van der Waals surface area contributed by atoms with Crippen molar-refractivity contribution in [1.82, 2.24) is 5.32 Å². The molecule has 3 heteroatoms. The molecule has 0 aliphatic heterocycles. The highest BCUT2D eigenvalue weighted by Crippen LogP contribution is 2.29. The molecule has 0 aromatic heterocycles. The Morgan fingerprint density at radius 2 is 1.56 bits per heavy atom. The molecule has 3 rings (SSSR count). The lowest BCUT2D eigenvalue weighted by molar-refractivity contribution is 0.284. The number of benzene rings is 3. The Hall–Kier alpha value is -2.78. The summed E-state index contributed by atoms with van der Waals surface area (Å²) < 4.78 is 11.5. The summed E-state index contributed by atoms with van der Waals surface area (Å²) in [4.78, 5) is 0. The van der Waals surface area contributed by atoms with Crippen LogP contribution in [0.4, 0.5) is 0 Å². The third kappa shape index (κ3) is 5.35. The first-order valence-electron chi connectivity index (χ1n) is 9.29. The molecular formula is C24H27NO2. The maximum absolute atomic E-state index is 5.96. The van der Waals surface area contributed by atoms with Crippen molar-refractivity contribution in [3.63, 3.8) is 0 Å². The van der Waals surface area contributed by atoms with Crippen LogP contribution in [0.3, 0.4) is 0 Å². The third-order valence-corrected chi connectivity index (χ3v) is 4.65. The molecule has 0 saturated heterocycles. The zero-order valence-electron chi connectivity index (χ0n) is 16.2. The molecule has 0 spiro atoms. The van der Waals surface area contributed by atoms with E-state index in [0.717, 1.165) is 29.2 Å². The summed E-state index contributed by atoms with van der Waals surface area (Å²) in [5, 5.41) is 3.55. The van der Waals surface area contributed by atoms with Crippen molar-refractivity contribution in [3.05, 3.63) is 95.1 Å². The third-order valence-electron chi connectivity index (χ3n) is 4.65. The van der Waals surface area contributed by atoms with Crippen LogP contribution in [0.25, 0.3) is 0 Å². The van der Waals surface area contributed by atoms with Gasteiger partial charge in [0.15, 0.2) is 11.5 Å². The van der Waals surface area contributed by atoms with Crippen LogP contribution in [0.15, 0.2) is 72.8 Å². The van der Waals surface area contributed by atoms with Gasteiger partial charge in [-0.1, -0.05) is 66.2 Å². The maximum Gasteiger partial charge on any atom is 0.161 e. The molecule has 3 nitrogen and oxygen atoms in total. The molecular weight excluding hydrogens is 334 g/mol. The molecule has 0 amide bonds. The first-order valence-corrected chi connectivity index (χ1v) is 9.29. The minimum absolute atomic E-state index is 0.287. The molecule has 140 valence electrons. The van der Waals surface area contributed by atoms with Crippen LogP contribution in [0.5, 0.6) is 11.5 Å². The summed E-state index contributed by atoms with van der Waals surface area (Å²) in [5.74, 6) is 1.52. The Kier molecular flexibility index (Phi) is 6.50. The van der Waals surface area contributed by atoms with Gasteiger partial charge in [0.1, 0.15) is 6.61 Å². The highest BCUT2D eigenvalue weighted by Gasteiger charge is 2.08. The fraction of sp³-hybridized carbons (Fsp3) is 0.250. The van der Waals surface area contributed by atoms with Crippen LogP contribution in [-0.4, -0.2) is 7.11 Å². The van der Waals surface area contributed by atoms with Crippen molar-refractivity contribution in [3.8, 4) is 11.5 Å². The lowest BCUT2D eigenvalue weighted by Crippen LogP contribution is -2.18. The molecule has 3 aromatic carbocycles. The normalized spacial score (nSPS) is 11.8. The van der Waals surface area contributed by atoms with E-state index in [1.807, 2.05) is 18.2 Å². The number of ether oxygens (including phenoxy) is 2. The number of methoxy groups -OCH3 is 1. The second-order valence-electron chi connectivity index (χ2n) is 6.77. The van der Waals surface area contributed by atoms with E-state index in [1.165, 1.54) is 11.1 Å². The van der Waals surface area contributed by atoms with Gasteiger partial charge >= 0.3 is 0 Å². The number of hydrogen-bond acceptors (Lipinski definition) is 3. The van der Waals surface area contributed by atoms with Crippen molar-refractivity contribution in [2.75, 3.05) is 7.11 Å². The van der Waals surface area contributed by atoms with Gasteiger partial charge in [-0.2, -0.15) is 0 Å². The first kappa shape index (κ1) is 19.0. The standard InChI is InChI=1S/C24H27NO2/c1-18-9-11-20(12-10-18)17-27-23-14-13-21(15-24(23)26-3)16-25-19(2)22-7-5-4-6-8-22/h4-15,19,25H,16-17H2,1-3H3/t19-/m0/s1. The maximum atomic E-state index is 5.96. The van der Waals surface area contributed by atoms with Gasteiger partial charge in [-0.15, -0.1) is 0 Å². The van der Waals surface area contributed by atoms with Gasteiger partial charge in [0.05, 0.1) is 7.11 Å². The molecule has 0 aliphatic carbocycles. The summed E-state index contributed by atoms with van der Waals surface area (Å²) in [5.41, 5.74) is 4.84. The number of aryl methyl sites for hydroxylation is 1. The van der Waals surface area contributed by atoms with E-state index in [1.54, 1.807) is 7.11 Å². The minimum atomic E-state index is 0.287. The van der Waals surface area contributed by atoms with Gasteiger partial charge in [-0.3, -0.25) is 0 Å². The molecule has 0 heterocycles. The minimum Gasteiger partial charge on any atom is -0.493 e. The second-order valence-corrected chi connectivity index (χ2v) is 6.77. The van der Waals surface area contributed by atoms with Crippen LogP contribution in [0.1, 0.15) is 35.2 Å². The van der Waals surface area contributed by atoms with Crippen LogP contribution in [-0.2, 0) is 13.2 Å². The molecule has 27 heavy (non-hydrogen) atoms.